The van der Waals surface area contributed by atoms with Crippen LogP contribution in [0, 0.1) is 0 Å². The molecule has 0 spiro atoms. The Morgan fingerprint density at radius 3 is 0.273 bits per heavy atom. The molecule has 10 nitrogen and oxygen atoms in total. The van der Waals surface area contributed by atoms with E-state index >= 15 is 0 Å². The first kappa shape index (κ1) is 1110. The molecule has 0 unspecified atom stereocenters. The van der Waals surface area contributed by atoms with Gasteiger partial charge in [-0.1, -0.05) is 0 Å². The van der Waals surface area contributed by atoms with Gasteiger partial charge >= 0.3 is 48.9 Å². The molecule has 0 aromatic heterocycles. The molecule has 0 bridgehead atoms. The van der Waals surface area contributed by atoms with Crippen LogP contribution in [0.5, 0.6) is 0 Å². The Labute approximate surface area is 103 Å². The topological polar surface area (TPSA) is 312 Å². The van der Waals surface area contributed by atoms with E-state index in [0.29, 0.717) is 0 Å². The molecule has 11 heavy (non-hydrogen) atoms. The van der Waals surface area contributed by atoms with E-state index in [-0.39, 0.29) is 104 Å². The largest absolute Gasteiger partial charge is 2.00 e. The van der Waals surface area contributed by atoms with Crippen molar-refractivity contribution in [1.82, 2.24) is 0 Å². The molecule has 0 radical (unpaired) electrons. The van der Waals surface area contributed by atoms with Gasteiger partial charge in [0.2, 0.25) is 0 Å². The first-order valence-electron chi connectivity index (χ1n) is 0. The van der Waals surface area contributed by atoms with Crippen molar-refractivity contribution in [3.05, 3.63) is 0 Å². The third-order valence-corrected chi connectivity index (χ3v) is 0. The summed E-state index contributed by atoms with van der Waals surface area (Å²) in [7, 11) is 0. The van der Waals surface area contributed by atoms with Crippen molar-refractivity contribution < 1.29 is 54.8 Å². The van der Waals surface area contributed by atoms with Gasteiger partial charge in [-0.05, 0) is 0 Å². The molecule has 0 rings (SSSR count). The second-order valence-electron chi connectivity index (χ2n) is 0. The Balaban J connectivity index is 0. The summed E-state index contributed by atoms with van der Waals surface area (Å²) in [5.74, 6) is 0. The molecule has 18 N–H and O–H groups in total. The molecule has 11 heteroatoms. The molecule has 0 aliphatic heterocycles. The molecular formula is H18BaO10. The Hall–Kier alpha value is 1.17. The quantitative estimate of drug-likeness (QED) is 0.393. The Kier molecular flexibility index (Phi) is 84800. The minimum atomic E-state index is 0. The summed E-state index contributed by atoms with van der Waals surface area (Å²) in [5, 5.41) is 0. The number of rotatable bonds is 0. The van der Waals surface area contributed by atoms with E-state index in [1.54, 1.807) is 0 Å². The standard InChI is InChI=1S/Ba.10H2O/h;10*1H2/q+2;;;;;;;;;;/p-2. The van der Waals surface area contributed by atoms with Crippen LogP contribution in [0.3, 0.4) is 0 Å². The van der Waals surface area contributed by atoms with Gasteiger partial charge in [0.15, 0.2) is 0 Å². The first-order chi connectivity index (χ1) is 0. The fraction of sp³-hybridized carbons (Fsp3) is 0. The van der Waals surface area contributed by atoms with Crippen LogP contribution >= 0.6 is 0 Å². The van der Waals surface area contributed by atoms with E-state index in [4.69, 9.17) is 0 Å². The van der Waals surface area contributed by atoms with Gasteiger partial charge in [-0.15, -0.1) is 0 Å². The molecule has 0 aliphatic carbocycles. The van der Waals surface area contributed by atoms with Gasteiger partial charge in [0.25, 0.3) is 0 Å². The first-order valence-corrected chi connectivity index (χ1v) is 0. The maximum Gasteiger partial charge on any atom is 2.00 e. The van der Waals surface area contributed by atoms with Gasteiger partial charge in [0.1, 0.15) is 0 Å². The molecule has 0 saturated heterocycles. The minimum absolute atomic E-state index is 0. The summed E-state index contributed by atoms with van der Waals surface area (Å²) in [6.45, 7) is 0. The predicted molar refractivity (Wildman–Crippen MR) is 38.5 cm³/mol. The monoisotopic (exact) mass is 316 g/mol. The predicted octanol–water partition coefficient (Wildman–Crippen LogP) is -7.33. The fourth-order valence-corrected chi connectivity index (χ4v) is 0. The molecule has 0 aliphatic rings. The van der Waals surface area contributed by atoms with E-state index < -0.39 is 0 Å². The smallest absolute Gasteiger partial charge is 0.870 e. The maximum absolute atomic E-state index is 0. The molecule has 0 fully saturated rings. The average molecular weight is 315 g/mol. The number of hydrogen-bond acceptors (Lipinski definition) is 2. The zero-order valence-electron chi connectivity index (χ0n) is 5.60. The molecule has 0 aromatic rings. The van der Waals surface area contributed by atoms with Crippen LogP contribution in [0.25, 0.3) is 0 Å². The van der Waals surface area contributed by atoms with Gasteiger partial charge in [0, 0.05) is 0 Å². The van der Waals surface area contributed by atoms with E-state index in [0.717, 1.165) is 0 Å². The summed E-state index contributed by atoms with van der Waals surface area (Å²) in [6.07, 6.45) is 0. The van der Waals surface area contributed by atoms with Crippen molar-refractivity contribution in [3.63, 3.8) is 0 Å². The van der Waals surface area contributed by atoms with Crippen molar-refractivity contribution in [2.45, 2.75) is 0 Å². The molecule has 80 valence electrons. The average Bonchev–Trinajstić information content (AvgIpc) is 0. The van der Waals surface area contributed by atoms with Gasteiger partial charge in [-0.25, -0.2) is 0 Å². The van der Waals surface area contributed by atoms with Crippen LogP contribution in [-0.2, 0) is 0 Å². The fourth-order valence-electron chi connectivity index (χ4n) is 0. The molecule has 0 heterocycles. The van der Waals surface area contributed by atoms with E-state index in [1.165, 1.54) is 0 Å². The van der Waals surface area contributed by atoms with Gasteiger partial charge < -0.3 is 54.8 Å². The normalized spacial score (nSPS) is 0. The second kappa shape index (κ2) is 842. The van der Waals surface area contributed by atoms with Crippen LogP contribution in [0.15, 0.2) is 0 Å². The molecule has 0 saturated carbocycles. The summed E-state index contributed by atoms with van der Waals surface area (Å²) in [6, 6.07) is 0. The third-order valence-electron chi connectivity index (χ3n) is 0. The zero-order chi connectivity index (χ0) is 0. The summed E-state index contributed by atoms with van der Waals surface area (Å²) in [4.78, 5) is 0. The van der Waals surface area contributed by atoms with Gasteiger partial charge in [0.05, 0.1) is 0 Å². The van der Waals surface area contributed by atoms with Gasteiger partial charge in [-0.2, -0.15) is 0 Å². The van der Waals surface area contributed by atoms with E-state index in [1.807, 2.05) is 0 Å². The van der Waals surface area contributed by atoms with Crippen molar-refractivity contribution in [1.29, 1.82) is 0 Å². The minimum Gasteiger partial charge on any atom is -0.870 e. The van der Waals surface area contributed by atoms with Crippen LogP contribution in [0.1, 0.15) is 0 Å². The number of hydrogen-bond donors (Lipinski definition) is 0. The van der Waals surface area contributed by atoms with Crippen molar-refractivity contribution in [3.8, 4) is 0 Å². The summed E-state index contributed by atoms with van der Waals surface area (Å²) >= 11 is 0. The Bertz CT molecular complexity index is 4.83. The van der Waals surface area contributed by atoms with Crippen molar-refractivity contribution in [2.75, 3.05) is 0 Å². The summed E-state index contributed by atoms with van der Waals surface area (Å²) < 4.78 is 0. The van der Waals surface area contributed by atoms with Crippen molar-refractivity contribution in [2.24, 2.45) is 0 Å². The molecule has 0 aromatic carbocycles. The Morgan fingerprint density at radius 1 is 0.273 bits per heavy atom. The van der Waals surface area contributed by atoms with Crippen LogP contribution < -0.4 is 0 Å². The maximum atomic E-state index is 0. The molecular weight excluding hydrogens is 297 g/mol. The third kappa shape index (κ3) is 685. The van der Waals surface area contributed by atoms with E-state index in [9.17, 15) is 0 Å². The Morgan fingerprint density at radius 2 is 0.273 bits per heavy atom. The summed E-state index contributed by atoms with van der Waals surface area (Å²) in [5.41, 5.74) is 0. The molecule has 0 amide bonds. The van der Waals surface area contributed by atoms with Crippen molar-refractivity contribution >= 4 is 48.9 Å². The van der Waals surface area contributed by atoms with Gasteiger partial charge in [-0.3, -0.25) is 0 Å². The molecule has 0 atom stereocenters. The van der Waals surface area contributed by atoms with E-state index in [2.05, 4.69) is 0 Å². The SMILES string of the molecule is O.O.O.O.O.O.O.O.[Ba+2].[OH-].[OH-]. The zero-order valence-corrected chi connectivity index (χ0v) is 10.0. The second-order valence-corrected chi connectivity index (χ2v) is 0. The van der Waals surface area contributed by atoms with Crippen LogP contribution in [0.2, 0.25) is 0 Å². The van der Waals surface area contributed by atoms with Crippen LogP contribution in [0.4, 0.5) is 0 Å². The van der Waals surface area contributed by atoms with Crippen LogP contribution in [-0.4, -0.2) is 104 Å².